The third kappa shape index (κ3) is 4.00. The Hall–Kier alpha value is -2.28. The number of aromatic nitrogens is 3. The topological polar surface area (TPSA) is 79.1 Å². The summed E-state index contributed by atoms with van der Waals surface area (Å²) in [5.74, 6) is 3.09. The van der Waals surface area contributed by atoms with E-state index in [-0.39, 0.29) is 6.04 Å². The highest BCUT2D eigenvalue weighted by Crippen LogP contribution is 2.33. The summed E-state index contributed by atoms with van der Waals surface area (Å²) in [6, 6.07) is 9.53. The van der Waals surface area contributed by atoms with E-state index >= 15 is 0 Å². The van der Waals surface area contributed by atoms with Crippen LogP contribution in [0.4, 0.5) is 5.69 Å². The molecule has 1 aliphatic heterocycles. The molecule has 2 saturated carbocycles. The van der Waals surface area contributed by atoms with Gasteiger partial charge in [0, 0.05) is 23.1 Å². The van der Waals surface area contributed by atoms with E-state index < -0.39 is 0 Å². The smallest absolute Gasteiger partial charge is 0.228 e. The lowest BCUT2D eigenvalue weighted by atomic mass is 10.1. The van der Waals surface area contributed by atoms with Gasteiger partial charge in [-0.1, -0.05) is 43.0 Å². The molecule has 2 N–H and O–H groups in total. The van der Waals surface area contributed by atoms with Gasteiger partial charge in [0.05, 0.1) is 29.4 Å². The summed E-state index contributed by atoms with van der Waals surface area (Å²) < 4.78 is 5.55. The van der Waals surface area contributed by atoms with Gasteiger partial charge in [-0.15, -0.1) is 11.8 Å². The predicted octanol–water partition coefficient (Wildman–Crippen LogP) is 5.67. The van der Waals surface area contributed by atoms with Gasteiger partial charge in [-0.05, 0) is 37.8 Å². The first-order valence-corrected chi connectivity index (χ1v) is 12.7. The van der Waals surface area contributed by atoms with E-state index in [1.54, 1.807) is 0 Å². The maximum absolute atomic E-state index is 5.55. The molecule has 3 aromatic rings. The molecule has 0 amide bonds. The van der Waals surface area contributed by atoms with Gasteiger partial charge in [-0.3, -0.25) is 4.99 Å². The first-order valence-electron chi connectivity index (χ1n) is 11.7. The average Bonchev–Trinajstić information content (AvgIpc) is 3.59. The van der Waals surface area contributed by atoms with Gasteiger partial charge >= 0.3 is 0 Å². The monoisotopic (exact) mass is 435 g/mol. The minimum atomic E-state index is 0.194. The van der Waals surface area contributed by atoms with Crippen LogP contribution in [-0.4, -0.2) is 38.0 Å². The standard InChI is InChI=1S/C24H29N5OS/c1-2-7-15(6-1)23-28-21(30-29-23)13-18-14-31-24(26-18)20-12-16-8-5-11-19(22(16)27-20)25-17-9-3-4-10-17/h5,8,11-12,15,17-18,25,27H,1-4,6-7,9-10,13-14H2. The minimum absolute atomic E-state index is 0.194. The molecule has 2 aromatic heterocycles. The van der Waals surface area contributed by atoms with E-state index in [0.29, 0.717) is 12.0 Å². The fraction of sp³-hybridized carbons (Fsp3) is 0.542. The Bertz CT molecular complexity index is 1090. The van der Waals surface area contributed by atoms with E-state index in [9.17, 15) is 0 Å². The average molecular weight is 436 g/mol. The minimum Gasteiger partial charge on any atom is -0.381 e. The van der Waals surface area contributed by atoms with E-state index in [0.717, 1.165) is 34.6 Å². The van der Waals surface area contributed by atoms with Crippen molar-refractivity contribution in [2.45, 2.75) is 75.8 Å². The second kappa shape index (κ2) is 8.34. The summed E-state index contributed by atoms with van der Waals surface area (Å²) in [5, 5.41) is 10.3. The Morgan fingerprint density at radius 1 is 1.10 bits per heavy atom. The van der Waals surface area contributed by atoms with Crippen molar-refractivity contribution in [3.63, 3.8) is 0 Å². The van der Waals surface area contributed by atoms with Gasteiger partial charge in [0.2, 0.25) is 5.89 Å². The Morgan fingerprint density at radius 3 is 2.81 bits per heavy atom. The van der Waals surface area contributed by atoms with Gasteiger partial charge in [-0.25, -0.2) is 0 Å². The number of para-hydroxylation sites is 1. The molecule has 2 aliphatic carbocycles. The highest BCUT2D eigenvalue weighted by atomic mass is 32.2. The fourth-order valence-corrected chi connectivity index (χ4v) is 6.28. The summed E-state index contributed by atoms with van der Waals surface area (Å²) in [7, 11) is 0. The lowest BCUT2D eigenvalue weighted by Gasteiger charge is -2.14. The maximum atomic E-state index is 5.55. The Labute approximate surface area is 186 Å². The number of aromatic amines is 1. The van der Waals surface area contributed by atoms with Gasteiger partial charge in [0.15, 0.2) is 5.82 Å². The molecule has 7 heteroatoms. The summed E-state index contributed by atoms with van der Waals surface area (Å²) in [6.45, 7) is 0. The fourth-order valence-electron chi connectivity index (χ4n) is 5.25. The molecule has 1 aromatic carbocycles. The summed E-state index contributed by atoms with van der Waals surface area (Å²) in [4.78, 5) is 13.3. The zero-order valence-electron chi connectivity index (χ0n) is 17.8. The molecule has 162 valence electrons. The number of H-pyrrole nitrogens is 1. The second-order valence-corrected chi connectivity index (χ2v) is 10.2. The molecule has 1 atom stereocenters. The van der Waals surface area contributed by atoms with Crippen LogP contribution in [0.25, 0.3) is 10.9 Å². The summed E-state index contributed by atoms with van der Waals surface area (Å²) >= 11 is 1.82. The first kappa shape index (κ1) is 19.4. The van der Waals surface area contributed by atoms with Crippen LogP contribution in [0.15, 0.2) is 33.8 Å². The second-order valence-electron chi connectivity index (χ2n) is 9.21. The van der Waals surface area contributed by atoms with Crippen LogP contribution in [0, 0.1) is 0 Å². The SMILES string of the molecule is c1cc(NC2CCCC2)c2[nH]c(C3=NC(Cc4nc(C5CCCC5)no4)CS3)cc2c1. The third-order valence-electron chi connectivity index (χ3n) is 6.93. The molecule has 3 heterocycles. The van der Waals surface area contributed by atoms with Crippen molar-refractivity contribution in [2.24, 2.45) is 4.99 Å². The maximum Gasteiger partial charge on any atom is 0.228 e. The van der Waals surface area contributed by atoms with Crippen LogP contribution in [0.3, 0.4) is 0 Å². The largest absolute Gasteiger partial charge is 0.381 e. The number of hydrogen-bond acceptors (Lipinski definition) is 6. The first-order chi connectivity index (χ1) is 15.3. The Morgan fingerprint density at radius 2 is 1.94 bits per heavy atom. The van der Waals surface area contributed by atoms with E-state index in [4.69, 9.17) is 9.52 Å². The number of benzene rings is 1. The van der Waals surface area contributed by atoms with Crippen molar-refractivity contribution in [2.75, 3.05) is 11.1 Å². The van der Waals surface area contributed by atoms with Crippen LogP contribution in [0.1, 0.15) is 74.7 Å². The number of rotatable bonds is 6. The van der Waals surface area contributed by atoms with Crippen molar-refractivity contribution in [3.8, 4) is 0 Å². The van der Waals surface area contributed by atoms with Gasteiger partial charge < -0.3 is 14.8 Å². The van der Waals surface area contributed by atoms with Gasteiger partial charge in [-0.2, -0.15) is 4.98 Å². The van der Waals surface area contributed by atoms with Crippen LogP contribution < -0.4 is 5.32 Å². The number of nitrogens with zero attached hydrogens (tertiary/aromatic N) is 3. The zero-order valence-corrected chi connectivity index (χ0v) is 18.6. The molecule has 31 heavy (non-hydrogen) atoms. The quantitative estimate of drug-likeness (QED) is 0.522. The van der Waals surface area contributed by atoms with Crippen LogP contribution >= 0.6 is 11.8 Å². The van der Waals surface area contributed by atoms with Crippen LogP contribution in [-0.2, 0) is 6.42 Å². The molecule has 0 radical (unpaired) electrons. The molecule has 3 aliphatic rings. The normalized spacial score (nSPS) is 22.6. The molecule has 0 spiro atoms. The number of anilines is 1. The molecule has 2 fully saturated rings. The Kier molecular flexibility index (Phi) is 5.22. The predicted molar refractivity (Wildman–Crippen MR) is 126 cm³/mol. The summed E-state index contributed by atoms with van der Waals surface area (Å²) in [5.41, 5.74) is 3.51. The number of thioether (sulfide) groups is 1. The van der Waals surface area contributed by atoms with E-state index in [1.807, 2.05) is 11.8 Å². The van der Waals surface area contributed by atoms with Crippen LogP contribution in [0.5, 0.6) is 0 Å². The molecular weight excluding hydrogens is 406 g/mol. The van der Waals surface area contributed by atoms with Crippen molar-refractivity contribution in [3.05, 3.63) is 41.7 Å². The molecule has 6 nitrogen and oxygen atoms in total. The van der Waals surface area contributed by atoms with Crippen molar-refractivity contribution >= 4 is 33.4 Å². The lowest BCUT2D eigenvalue weighted by molar-refractivity contribution is 0.364. The van der Waals surface area contributed by atoms with Crippen molar-refractivity contribution < 1.29 is 4.52 Å². The molecule has 0 bridgehead atoms. The number of nitrogens with one attached hydrogen (secondary N) is 2. The highest BCUT2D eigenvalue weighted by molar-refractivity contribution is 8.14. The lowest BCUT2D eigenvalue weighted by Crippen LogP contribution is -2.14. The van der Waals surface area contributed by atoms with E-state index in [2.05, 4.69) is 44.7 Å². The number of hydrogen-bond donors (Lipinski definition) is 2. The number of aliphatic imine (C=N–C) groups is 1. The molecule has 0 saturated heterocycles. The third-order valence-corrected chi connectivity index (χ3v) is 8.08. The Balaban J connectivity index is 1.17. The zero-order chi connectivity index (χ0) is 20.6. The summed E-state index contributed by atoms with van der Waals surface area (Å²) in [6.07, 6.45) is 10.9. The molecule has 6 rings (SSSR count). The van der Waals surface area contributed by atoms with Gasteiger partial charge in [0.1, 0.15) is 5.04 Å². The van der Waals surface area contributed by atoms with Crippen molar-refractivity contribution in [1.82, 2.24) is 15.1 Å². The van der Waals surface area contributed by atoms with Crippen molar-refractivity contribution in [1.29, 1.82) is 0 Å². The number of fused-ring (bicyclic) bond motifs is 1. The highest BCUT2D eigenvalue weighted by Gasteiger charge is 2.26. The van der Waals surface area contributed by atoms with Gasteiger partial charge in [0.25, 0.3) is 0 Å². The molecule has 1 unspecified atom stereocenters. The molecular formula is C24H29N5OS. The van der Waals surface area contributed by atoms with Crippen LogP contribution in [0.2, 0.25) is 0 Å². The van der Waals surface area contributed by atoms with E-state index in [1.165, 1.54) is 68.0 Å².